The van der Waals surface area contributed by atoms with E-state index in [1.165, 1.54) is 19.9 Å². The van der Waals surface area contributed by atoms with Gasteiger partial charge in [0.05, 0.1) is 20.0 Å². The number of benzene rings is 6. The Morgan fingerprint density at radius 1 is 0.600 bits per heavy atom. The number of ether oxygens (including phenoxy) is 2. The summed E-state index contributed by atoms with van der Waals surface area (Å²) in [7, 11) is 3.32. The number of fused-ring (bicyclic) bond motifs is 4. The van der Waals surface area contributed by atoms with E-state index in [4.69, 9.17) is 14.6 Å². The Bertz CT molecular complexity index is 2230. The minimum atomic E-state index is -0.125. The fourth-order valence-electron chi connectivity index (χ4n) is 5.27. The quantitative estimate of drug-likeness (QED) is 0.106. The Balaban J connectivity index is 0.000000162. The van der Waals surface area contributed by atoms with Gasteiger partial charge in [-0.25, -0.2) is 0 Å². The third-order valence-electron chi connectivity index (χ3n) is 7.40. The molecule has 1 radical (unpaired) electrons. The molecule has 0 aliphatic rings. The van der Waals surface area contributed by atoms with Gasteiger partial charge in [0.15, 0.2) is 5.78 Å². The molecule has 0 amide bonds. The summed E-state index contributed by atoms with van der Waals surface area (Å²) in [6.45, 7) is 2.85. The van der Waals surface area contributed by atoms with Gasteiger partial charge in [0.2, 0.25) is 0 Å². The maximum atomic E-state index is 10.0. The first-order valence-corrected chi connectivity index (χ1v) is 15.3. The Kier molecular flexibility index (Phi) is 11.3. The number of hydrogen-bond donors (Lipinski definition) is 1. The minimum absolute atomic E-state index is 0. The summed E-state index contributed by atoms with van der Waals surface area (Å²) in [5, 5.41) is 30.5. The van der Waals surface area contributed by atoms with Crippen LogP contribution in [-0.4, -0.2) is 55.1 Å². The molecule has 0 saturated carbocycles. The molecule has 11 heteroatoms. The summed E-state index contributed by atoms with van der Waals surface area (Å²) in [5.74, 6) is 1.53. The number of aliphatic hydroxyl groups is 1. The average molecular weight is 841 g/mol. The van der Waals surface area contributed by atoms with Gasteiger partial charge in [0.1, 0.15) is 22.1 Å². The van der Waals surface area contributed by atoms with E-state index >= 15 is 0 Å². The third-order valence-corrected chi connectivity index (χ3v) is 7.40. The minimum Gasteiger partial charge on any atom is -0.554 e. The molecule has 0 aliphatic carbocycles. The van der Waals surface area contributed by atoms with Gasteiger partial charge >= 0.3 is 0 Å². The van der Waals surface area contributed by atoms with Gasteiger partial charge in [-0.1, -0.05) is 82.2 Å². The number of aromatic nitrogens is 6. The van der Waals surface area contributed by atoms with Gasteiger partial charge in [0, 0.05) is 37.7 Å². The van der Waals surface area contributed by atoms with E-state index in [1.807, 2.05) is 109 Å². The van der Waals surface area contributed by atoms with Crippen molar-refractivity contribution in [2.24, 2.45) is 0 Å². The molecule has 0 spiro atoms. The second kappa shape index (κ2) is 16.0. The van der Waals surface area contributed by atoms with Gasteiger partial charge in [-0.3, -0.25) is 4.79 Å². The first-order chi connectivity index (χ1) is 23.9. The van der Waals surface area contributed by atoms with Crippen LogP contribution in [0, 0.1) is 12.1 Å². The maximum Gasteiger partial charge on any atom is 0.155 e. The summed E-state index contributed by atoms with van der Waals surface area (Å²) in [6, 6.07) is 41.8. The number of carbonyl (C=O) groups is 1. The van der Waals surface area contributed by atoms with Gasteiger partial charge in [-0.15, -0.1) is 24.3 Å². The SMILES string of the molecule is CC(=O)/C=C(/C)O.COc1c[c-]c(-n2nc3ccccc3n2)c2ccccc12.COc1c[c-]c(-n2nc3ccccc3n2)c2ccccc12.[Ir]. The van der Waals surface area contributed by atoms with E-state index in [0.29, 0.717) is 0 Å². The first kappa shape index (κ1) is 35.4. The summed E-state index contributed by atoms with van der Waals surface area (Å²) in [6.07, 6.45) is 1.17. The summed E-state index contributed by atoms with van der Waals surface area (Å²) >= 11 is 0. The largest absolute Gasteiger partial charge is 0.554 e. The number of allylic oxidation sites excluding steroid dienone is 2. The zero-order valence-corrected chi connectivity index (χ0v) is 30.1. The Labute approximate surface area is 301 Å². The van der Waals surface area contributed by atoms with Crippen LogP contribution in [0.3, 0.4) is 0 Å². The summed E-state index contributed by atoms with van der Waals surface area (Å²) < 4.78 is 10.8. The van der Waals surface area contributed by atoms with E-state index in [2.05, 4.69) is 32.5 Å². The van der Waals surface area contributed by atoms with Crippen molar-refractivity contribution in [2.75, 3.05) is 14.2 Å². The molecule has 0 saturated heterocycles. The molecule has 1 N–H and O–H groups in total. The maximum absolute atomic E-state index is 10.0. The number of ketones is 1. The van der Waals surface area contributed by atoms with E-state index in [9.17, 15) is 4.79 Å². The van der Waals surface area contributed by atoms with Crippen molar-refractivity contribution in [1.29, 1.82) is 0 Å². The van der Waals surface area contributed by atoms with E-state index in [1.54, 1.807) is 23.8 Å². The Hall–Kier alpha value is -5.90. The molecular formula is C39H32IrN6O4-2. The Morgan fingerprint density at radius 2 is 0.920 bits per heavy atom. The number of nitrogens with zero attached hydrogens (tertiary/aromatic N) is 6. The van der Waals surface area contributed by atoms with Crippen LogP contribution in [0.25, 0.3) is 55.0 Å². The van der Waals surface area contributed by atoms with Gasteiger partial charge in [-0.05, 0) is 49.5 Å². The van der Waals surface area contributed by atoms with Crippen LogP contribution in [-0.2, 0) is 24.9 Å². The van der Waals surface area contributed by atoms with Crippen LogP contribution in [0.2, 0.25) is 0 Å². The molecule has 2 heterocycles. The van der Waals surface area contributed by atoms with Crippen LogP contribution in [0.1, 0.15) is 13.8 Å². The van der Waals surface area contributed by atoms with Crippen LogP contribution in [0.15, 0.2) is 121 Å². The van der Waals surface area contributed by atoms with E-state index in [0.717, 1.165) is 66.5 Å². The molecule has 50 heavy (non-hydrogen) atoms. The van der Waals surface area contributed by atoms with Crippen LogP contribution < -0.4 is 9.47 Å². The number of carbonyl (C=O) groups excluding carboxylic acids is 1. The zero-order chi connectivity index (χ0) is 34.3. The number of aliphatic hydroxyl groups excluding tert-OH is 1. The van der Waals surface area contributed by atoms with Crippen molar-refractivity contribution in [3.63, 3.8) is 0 Å². The molecule has 2 aromatic heterocycles. The van der Waals surface area contributed by atoms with Crippen molar-refractivity contribution >= 4 is 49.4 Å². The molecular weight excluding hydrogens is 809 g/mol. The molecule has 253 valence electrons. The van der Waals surface area contributed by atoms with Gasteiger partial charge in [-0.2, -0.15) is 42.1 Å². The fraction of sp³-hybridized carbons (Fsp3) is 0.103. The van der Waals surface area contributed by atoms with Crippen molar-refractivity contribution in [3.8, 4) is 22.9 Å². The predicted molar refractivity (Wildman–Crippen MR) is 191 cm³/mol. The third kappa shape index (κ3) is 7.70. The molecule has 6 aromatic carbocycles. The monoisotopic (exact) mass is 841 g/mol. The van der Waals surface area contributed by atoms with Crippen molar-refractivity contribution < 1.29 is 39.5 Å². The zero-order valence-electron chi connectivity index (χ0n) is 27.7. The molecule has 8 aromatic rings. The van der Waals surface area contributed by atoms with Gasteiger partial charge in [0.25, 0.3) is 0 Å². The van der Waals surface area contributed by atoms with Gasteiger partial charge < -0.3 is 14.6 Å². The van der Waals surface area contributed by atoms with E-state index in [-0.39, 0.29) is 31.6 Å². The van der Waals surface area contributed by atoms with Crippen LogP contribution in [0.5, 0.6) is 11.5 Å². The smallest absolute Gasteiger partial charge is 0.155 e. The molecule has 8 rings (SSSR count). The standard InChI is InChI=1S/2C17H12N3O.C5H8O2.Ir/c2*1-21-17-11-10-16(12-6-2-3-7-13(12)17)20-18-14-8-4-5-9-15(14)19-20;1-4(6)3-5(2)7;/h2*2-9,11H,1H3;3,6H,1-2H3;/q2*-1;;/b;;4-3-;. The number of rotatable bonds is 5. The molecule has 0 bridgehead atoms. The number of methoxy groups -OCH3 is 2. The predicted octanol–water partition coefficient (Wildman–Crippen LogP) is 7.80. The van der Waals surface area contributed by atoms with Crippen molar-refractivity contribution in [1.82, 2.24) is 30.0 Å². The molecule has 0 unspecified atom stereocenters. The Morgan fingerprint density at radius 3 is 1.20 bits per heavy atom. The van der Waals surface area contributed by atoms with Crippen LogP contribution in [0.4, 0.5) is 0 Å². The average Bonchev–Trinajstić information content (AvgIpc) is 3.75. The van der Waals surface area contributed by atoms with E-state index < -0.39 is 0 Å². The second-order valence-corrected chi connectivity index (χ2v) is 10.9. The first-order valence-electron chi connectivity index (χ1n) is 15.3. The van der Waals surface area contributed by atoms with Crippen LogP contribution >= 0.6 is 0 Å². The fourth-order valence-corrected chi connectivity index (χ4v) is 5.27. The number of hydrogen-bond acceptors (Lipinski definition) is 8. The normalized spacial score (nSPS) is 10.9. The van der Waals surface area contributed by atoms with Crippen molar-refractivity contribution in [3.05, 3.63) is 133 Å². The molecule has 0 aliphatic heterocycles. The second-order valence-electron chi connectivity index (χ2n) is 10.9. The molecule has 10 nitrogen and oxygen atoms in total. The van der Waals surface area contributed by atoms with Crippen molar-refractivity contribution in [2.45, 2.75) is 13.8 Å². The molecule has 0 atom stereocenters. The summed E-state index contributed by atoms with van der Waals surface area (Å²) in [5.41, 5.74) is 5.11. The molecule has 0 fully saturated rings. The summed E-state index contributed by atoms with van der Waals surface area (Å²) in [4.78, 5) is 13.3. The topological polar surface area (TPSA) is 117 Å².